The molecular weight excluding hydrogens is 254 g/mol. The first-order chi connectivity index (χ1) is 9.66. The van der Waals surface area contributed by atoms with Crippen LogP contribution in [0.4, 0.5) is 0 Å². The highest BCUT2D eigenvalue weighted by atomic mass is 16.1. The second-order valence-electron chi connectivity index (χ2n) is 4.44. The Morgan fingerprint density at radius 2 is 2.00 bits per heavy atom. The molecule has 0 radical (unpaired) electrons. The van der Waals surface area contributed by atoms with E-state index in [-0.39, 0.29) is 5.56 Å². The van der Waals surface area contributed by atoms with Crippen molar-refractivity contribution in [3.05, 3.63) is 58.3 Å². The molecule has 3 aromatic rings. The van der Waals surface area contributed by atoms with Gasteiger partial charge in [0.1, 0.15) is 11.2 Å². The molecule has 100 valence electrons. The van der Waals surface area contributed by atoms with Crippen LogP contribution in [0.2, 0.25) is 0 Å². The van der Waals surface area contributed by atoms with Gasteiger partial charge >= 0.3 is 0 Å². The van der Waals surface area contributed by atoms with Crippen molar-refractivity contribution in [2.24, 2.45) is 12.1 Å². The lowest BCUT2D eigenvalue weighted by Crippen LogP contribution is -2.20. The van der Waals surface area contributed by atoms with E-state index in [4.69, 9.17) is 0 Å². The summed E-state index contributed by atoms with van der Waals surface area (Å²) in [5.74, 6) is 0.526. The fourth-order valence-corrected chi connectivity index (χ4v) is 1.98. The van der Waals surface area contributed by atoms with Gasteiger partial charge in [-0.3, -0.25) is 9.48 Å². The number of hydrogen-bond donors (Lipinski definition) is 0. The molecule has 0 atom stereocenters. The van der Waals surface area contributed by atoms with Crippen LogP contribution in [0.5, 0.6) is 0 Å². The van der Waals surface area contributed by atoms with Crippen molar-refractivity contribution in [3.8, 4) is 0 Å². The van der Waals surface area contributed by atoms with E-state index < -0.39 is 0 Å². The van der Waals surface area contributed by atoms with Crippen molar-refractivity contribution < 1.29 is 0 Å². The van der Waals surface area contributed by atoms with E-state index in [1.165, 1.54) is 10.9 Å². The molecule has 0 fully saturated rings. The minimum absolute atomic E-state index is 0.215. The monoisotopic (exact) mass is 267 g/mol. The maximum absolute atomic E-state index is 12.3. The number of aromatic nitrogens is 4. The van der Waals surface area contributed by atoms with Crippen molar-refractivity contribution in [3.63, 3.8) is 0 Å². The zero-order valence-corrected chi connectivity index (χ0v) is 11.2. The van der Waals surface area contributed by atoms with Gasteiger partial charge in [-0.15, -0.1) is 0 Å². The number of aryl methyl sites for hydroxylation is 2. The first kappa shape index (κ1) is 12.3. The topological polar surface area (TPSA) is 65.1 Å². The maximum atomic E-state index is 12.3. The van der Waals surface area contributed by atoms with Crippen LogP contribution in [0.3, 0.4) is 0 Å². The fourth-order valence-electron chi connectivity index (χ4n) is 1.98. The maximum Gasteiger partial charge on any atom is 0.285 e. The SMILES string of the molecule is Cc1nc2c(cnn2C)c(=O)n1/N=C/c1ccccc1. The normalized spacial score (nSPS) is 11.5. The van der Waals surface area contributed by atoms with Gasteiger partial charge in [0.2, 0.25) is 0 Å². The summed E-state index contributed by atoms with van der Waals surface area (Å²) in [4.78, 5) is 16.7. The van der Waals surface area contributed by atoms with Crippen molar-refractivity contribution in [1.29, 1.82) is 0 Å². The summed E-state index contributed by atoms with van der Waals surface area (Å²) in [5.41, 5.74) is 1.27. The lowest BCUT2D eigenvalue weighted by atomic mass is 10.2. The van der Waals surface area contributed by atoms with E-state index in [1.807, 2.05) is 30.3 Å². The van der Waals surface area contributed by atoms with Gasteiger partial charge in [-0.05, 0) is 12.5 Å². The molecule has 0 aliphatic carbocycles. The third-order valence-electron chi connectivity index (χ3n) is 3.03. The molecule has 0 bridgehead atoms. The molecule has 0 spiro atoms. The quantitative estimate of drug-likeness (QED) is 0.658. The van der Waals surface area contributed by atoms with E-state index in [9.17, 15) is 4.79 Å². The molecule has 0 aliphatic heterocycles. The third kappa shape index (κ3) is 2.01. The average Bonchev–Trinajstić information content (AvgIpc) is 2.81. The van der Waals surface area contributed by atoms with Crippen LogP contribution in [0.15, 0.2) is 46.4 Å². The number of rotatable bonds is 2. The summed E-state index contributed by atoms with van der Waals surface area (Å²) < 4.78 is 2.87. The Morgan fingerprint density at radius 3 is 2.75 bits per heavy atom. The predicted octanol–water partition coefficient (Wildman–Crippen LogP) is 1.32. The van der Waals surface area contributed by atoms with Crippen molar-refractivity contribution >= 4 is 17.2 Å². The Balaban J connectivity index is 2.13. The summed E-state index contributed by atoms with van der Waals surface area (Å²) in [6.45, 7) is 1.75. The standard InChI is InChI=1S/C14H13N5O/c1-10-17-13-12(9-15-18(13)2)14(20)19(10)16-8-11-6-4-3-5-7-11/h3-9H,1-2H3/b16-8+. The van der Waals surface area contributed by atoms with Crippen LogP contribution in [-0.4, -0.2) is 25.7 Å². The zero-order chi connectivity index (χ0) is 14.1. The van der Waals surface area contributed by atoms with Gasteiger partial charge in [0.25, 0.3) is 5.56 Å². The highest BCUT2D eigenvalue weighted by molar-refractivity contribution is 5.79. The smallest absolute Gasteiger partial charge is 0.266 e. The molecule has 3 rings (SSSR count). The summed E-state index contributed by atoms with van der Waals surface area (Å²) in [5, 5.41) is 8.72. The Hall–Kier alpha value is -2.76. The van der Waals surface area contributed by atoms with Crippen LogP contribution >= 0.6 is 0 Å². The van der Waals surface area contributed by atoms with Crippen molar-refractivity contribution in [2.75, 3.05) is 0 Å². The van der Waals surface area contributed by atoms with Gasteiger partial charge in [-0.2, -0.15) is 14.9 Å². The average molecular weight is 267 g/mol. The van der Waals surface area contributed by atoms with Crippen LogP contribution in [0.25, 0.3) is 11.0 Å². The van der Waals surface area contributed by atoms with Crippen LogP contribution < -0.4 is 5.56 Å². The minimum atomic E-state index is -0.215. The summed E-state index contributed by atoms with van der Waals surface area (Å²) >= 11 is 0. The molecular formula is C14H13N5O. The van der Waals surface area contributed by atoms with E-state index in [0.717, 1.165) is 5.56 Å². The number of hydrogen-bond acceptors (Lipinski definition) is 4. The molecule has 0 unspecified atom stereocenters. The van der Waals surface area contributed by atoms with Gasteiger partial charge in [-0.1, -0.05) is 30.3 Å². The van der Waals surface area contributed by atoms with E-state index >= 15 is 0 Å². The number of fused-ring (bicyclic) bond motifs is 1. The summed E-state index contributed by atoms with van der Waals surface area (Å²) in [6, 6.07) is 9.59. The minimum Gasteiger partial charge on any atom is -0.266 e. The van der Waals surface area contributed by atoms with Gasteiger partial charge in [0.05, 0.1) is 12.4 Å². The molecule has 2 aromatic heterocycles. The Bertz CT molecular complexity index is 845. The fraction of sp³-hybridized carbons (Fsp3) is 0.143. The highest BCUT2D eigenvalue weighted by Crippen LogP contribution is 2.06. The van der Waals surface area contributed by atoms with E-state index in [0.29, 0.717) is 16.9 Å². The molecule has 0 N–H and O–H groups in total. The second-order valence-corrected chi connectivity index (χ2v) is 4.44. The van der Waals surface area contributed by atoms with Crippen LogP contribution in [0, 0.1) is 6.92 Å². The molecule has 0 amide bonds. The van der Waals surface area contributed by atoms with Gasteiger partial charge in [-0.25, -0.2) is 4.98 Å². The first-order valence-corrected chi connectivity index (χ1v) is 6.17. The van der Waals surface area contributed by atoms with Crippen LogP contribution in [-0.2, 0) is 7.05 Å². The molecule has 2 heterocycles. The van der Waals surface area contributed by atoms with E-state index in [1.54, 1.807) is 24.9 Å². The molecule has 0 saturated heterocycles. The molecule has 1 aromatic carbocycles. The molecule has 0 saturated carbocycles. The van der Waals surface area contributed by atoms with E-state index in [2.05, 4.69) is 15.2 Å². The lowest BCUT2D eigenvalue weighted by Gasteiger charge is -2.03. The summed E-state index contributed by atoms with van der Waals surface area (Å²) in [7, 11) is 1.76. The Morgan fingerprint density at radius 1 is 1.25 bits per heavy atom. The second kappa shape index (κ2) is 4.73. The highest BCUT2D eigenvalue weighted by Gasteiger charge is 2.10. The Labute approximate surface area is 115 Å². The molecule has 20 heavy (non-hydrogen) atoms. The third-order valence-corrected chi connectivity index (χ3v) is 3.03. The van der Waals surface area contributed by atoms with Gasteiger partial charge in [0.15, 0.2) is 5.65 Å². The summed E-state index contributed by atoms with van der Waals surface area (Å²) in [6.07, 6.45) is 3.15. The van der Waals surface area contributed by atoms with Gasteiger partial charge < -0.3 is 0 Å². The van der Waals surface area contributed by atoms with Crippen LogP contribution in [0.1, 0.15) is 11.4 Å². The molecule has 6 nitrogen and oxygen atoms in total. The molecule has 6 heteroatoms. The predicted molar refractivity (Wildman–Crippen MR) is 76.9 cm³/mol. The number of nitrogens with zero attached hydrogens (tertiary/aromatic N) is 5. The molecule has 0 aliphatic rings. The first-order valence-electron chi connectivity index (χ1n) is 6.17. The number of benzene rings is 1. The largest absolute Gasteiger partial charge is 0.285 e. The van der Waals surface area contributed by atoms with Crippen molar-refractivity contribution in [2.45, 2.75) is 6.92 Å². The lowest BCUT2D eigenvalue weighted by molar-refractivity contribution is 0.747. The zero-order valence-electron chi connectivity index (χ0n) is 11.2. The van der Waals surface area contributed by atoms with Gasteiger partial charge in [0, 0.05) is 7.05 Å². The van der Waals surface area contributed by atoms with Crippen molar-refractivity contribution in [1.82, 2.24) is 19.4 Å². The Kier molecular flexibility index (Phi) is 2.90.